The number of unbranched alkanes of at least 4 members (excludes halogenated alkanes) is 64. The Morgan fingerprint density at radius 2 is 0.370 bits per heavy atom. The SMILES string of the molecule is CCCCCCCCCCCCC(CCCCCCCCCC)CN1C(=O)C2=C(c3cc4c(=O)c5cc6c(cc5c4s3)c(=O)c3cc(C4=C5C(=O)N(CC(CCCCCCCCCC)CCCCCCCCCCCC)C(c7cccs7)=C5C(=O)N4CC(CCCCCCCCCC)CCCCCCCCCCCC)sc36)N(CC(CCCCCCCCCC)CCCCCCCCCCCC)C(=O)C2=C1c1cccs1. The normalized spacial score (nSPS) is 15.1. The van der Waals surface area contributed by atoms with Crippen molar-refractivity contribution in [1.29, 1.82) is 0 Å². The molecule has 0 bridgehead atoms. The summed E-state index contributed by atoms with van der Waals surface area (Å²) < 4.78 is 1.57. The molecule has 10 nitrogen and oxygen atoms in total. The molecule has 11 rings (SSSR count). The van der Waals surface area contributed by atoms with Crippen LogP contribution in [0.4, 0.5) is 0 Å². The minimum atomic E-state index is -0.109. The number of hydrogen-bond acceptors (Lipinski definition) is 10. The fourth-order valence-electron chi connectivity index (χ4n) is 25.0. The van der Waals surface area contributed by atoms with Crippen molar-refractivity contribution in [2.75, 3.05) is 26.2 Å². The minimum absolute atomic E-state index is 0.0796. The molecule has 0 aliphatic carbocycles. The Morgan fingerprint density at radius 3 is 0.541 bits per heavy atom. The lowest BCUT2D eigenvalue weighted by Gasteiger charge is -2.29. The zero-order chi connectivity index (χ0) is 103. The highest BCUT2D eigenvalue weighted by Gasteiger charge is 2.53. The molecular formula is C132H206N4O6S4. The van der Waals surface area contributed by atoms with Crippen molar-refractivity contribution in [2.45, 2.75) is 569 Å². The summed E-state index contributed by atoms with van der Waals surface area (Å²) in [5.41, 5.74) is 4.77. The van der Waals surface area contributed by atoms with Gasteiger partial charge in [-0.3, -0.25) is 28.8 Å². The van der Waals surface area contributed by atoms with Crippen LogP contribution >= 0.6 is 45.3 Å². The number of amides is 4. The number of carbonyl (C=O) groups is 4. The number of nitrogens with zero attached hydrogens (tertiary/aromatic N) is 4. The average molecular weight is 2070 g/mol. The lowest BCUT2D eigenvalue weighted by atomic mass is 9.93. The number of carbonyl (C=O) groups excluding carboxylic acids is 4. The van der Waals surface area contributed by atoms with Crippen molar-refractivity contribution in [2.24, 2.45) is 23.7 Å². The average Bonchev–Trinajstić information content (AvgIpc) is 1.55. The van der Waals surface area contributed by atoms with Crippen molar-refractivity contribution >= 4 is 133 Å². The molecule has 0 N–H and O–H groups in total. The van der Waals surface area contributed by atoms with Crippen LogP contribution < -0.4 is 10.9 Å². The molecule has 4 aliphatic heterocycles. The molecule has 814 valence electrons. The Kier molecular flexibility index (Phi) is 58.1. The smallest absolute Gasteiger partial charge is 0.261 e. The van der Waals surface area contributed by atoms with Crippen LogP contribution in [0.3, 0.4) is 0 Å². The maximum atomic E-state index is 16.7. The lowest BCUT2D eigenvalue weighted by molar-refractivity contribution is -0.124. The van der Waals surface area contributed by atoms with Gasteiger partial charge in [0, 0.05) is 67.9 Å². The third-order valence-corrected chi connectivity index (χ3v) is 38.0. The third kappa shape index (κ3) is 37.3. The molecule has 4 amide bonds. The largest absolute Gasteiger partial charge is 0.306 e. The Hall–Kier alpha value is -5.80. The third-order valence-electron chi connectivity index (χ3n) is 33.9. The van der Waals surface area contributed by atoms with E-state index < -0.39 is 0 Å². The Labute approximate surface area is 905 Å². The molecule has 8 heterocycles. The monoisotopic (exact) mass is 2070 g/mol. The van der Waals surface area contributed by atoms with Crippen LogP contribution in [0.2, 0.25) is 0 Å². The van der Waals surface area contributed by atoms with Crippen molar-refractivity contribution in [1.82, 2.24) is 19.6 Å². The van der Waals surface area contributed by atoms with Gasteiger partial charge in [-0.15, -0.1) is 45.3 Å². The summed E-state index contributed by atoms with van der Waals surface area (Å²) in [6.45, 7) is 20.6. The fourth-order valence-corrected chi connectivity index (χ4v) is 29.1. The summed E-state index contributed by atoms with van der Waals surface area (Å²) >= 11 is 6.33. The van der Waals surface area contributed by atoms with Gasteiger partial charge in [-0.1, -0.05) is 530 Å². The number of rotatable bonds is 92. The molecule has 3 aromatic carbocycles. The molecule has 7 aromatic rings. The van der Waals surface area contributed by atoms with Crippen LogP contribution in [-0.2, 0) is 19.2 Å². The van der Waals surface area contributed by atoms with Crippen LogP contribution in [0, 0.1) is 23.7 Å². The molecule has 4 atom stereocenters. The quantitative estimate of drug-likeness (QED) is 0.0351. The summed E-state index contributed by atoms with van der Waals surface area (Å²) in [5, 5.41) is 7.91. The van der Waals surface area contributed by atoms with Gasteiger partial charge in [0.25, 0.3) is 23.6 Å². The van der Waals surface area contributed by atoms with Crippen molar-refractivity contribution in [3.63, 3.8) is 0 Å². The van der Waals surface area contributed by atoms with Gasteiger partial charge in [-0.25, -0.2) is 0 Å². The van der Waals surface area contributed by atoms with Gasteiger partial charge in [-0.2, -0.15) is 0 Å². The van der Waals surface area contributed by atoms with E-state index in [4.69, 9.17) is 0 Å². The molecule has 0 spiro atoms. The van der Waals surface area contributed by atoms with Gasteiger partial charge in [-0.05, 0) is 122 Å². The van der Waals surface area contributed by atoms with E-state index in [2.05, 4.69) is 110 Å². The standard InChI is InChI=1S/C132H206N4O6S4/c1-9-17-25-33-41-49-53-61-69-77-85-103(83-73-65-57-45-37-29-21-13-5)99-133-121(113-91-81-93-143-113)117-119(131(133)141)123(135(129(117)139)101-105(87-75-67-59-47-39-31-23-15-7)89-79-71-63-55-51-43-35-27-19-11-3)115-97-111-125(137)107-96-110-108(95-109(107)127(111)145-115)126(138)112-98-116(146-128(110)112)124-120-118(130(140)136(124)102-106(88-76-68-60-48-40-32-24-16-8)90-80-72-64-56-52-44-36-28-20-12-4)122(114-92-82-94-144-114)134(132(120)142)100-104(84-74-66-58-46-38-30-22-14-6)86-78-70-62-54-50-42-34-26-18-10-2/h81-82,91-98,103-106H,9-80,83-90,99-102H2,1-8H3. The number of benzene rings is 1. The zero-order valence-electron chi connectivity index (χ0n) is 94.4. The van der Waals surface area contributed by atoms with Gasteiger partial charge in [0.05, 0.1) is 64.6 Å². The van der Waals surface area contributed by atoms with E-state index in [1.807, 2.05) is 24.3 Å². The van der Waals surface area contributed by atoms with Crippen LogP contribution in [-0.4, -0.2) is 69.4 Å². The van der Waals surface area contributed by atoms with E-state index in [0.717, 1.165) is 154 Å². The van der Waals surface area contributed by atoms with E-state index in [-0.39, 0.29) is 58.2 Å². The summed E-state index contributed by atoms with van der Waals surface area (Å²) in [5.74, 6) is 0.693. The van der Waals surface area contributed by atoms with Gasteiger partial charge >= 0.3 is 0 Å². The van der Waals surface area contributed by atoms with Crippen molar-refractivity contribution in [3.05, 3.63) is 122 Å². The van der Waals surface area contributed by atoms with Crippen LogP contribution in [0.5, 0.6) is 0 Å². The van der Waals surface area contributed by atoms with Gasteiger partial charge in [0.15, 0.2) is 10.9 Å². The topological polar surface area (TPSA) is 115 Å². The Morgan fingerprint density at radius 1 is 0.199 bits per heavy atom. The second kappa shape index (κ2) is 70.5. The zero-order valence-corrected chi connectivity index (χ0v) is 97.6. The number of hydrogen-bond donors (Lipinski definition) is 0. The van der Waals surface area contributed by atoms with Crippen LogP contribution in [0.15, 0.2) is 91.2 Å². The highest BCUT2D eigenvalue weighted by Crippen LogP contribution is 2.54. The van der Waals surface area contributed by atoms with E-state index in [1.54, 1.807) is 22.7 Å². The van der Waals surface area contributed by atoms with E-state index >= 15 is 28.8 Å². The van der Waals surface area contributed by atoms with Crippen LogP contribution in [0.1, 0.15) is 589 Å². The first-order valence-electron chi connectivity index (χ1n) is 62.8. The van der Waals surface area contributed by atoms with Crippen molar-refractivity contribution in [3.8, 4) is 0 Å². The molecule has 14 heteroatoms. The molecule has 0 saturated carbocycles. The molecule has 0 radical (unpaired) electrons. The molecular weight excluding hydrogens is 1870 g/mol. The summed E-state index contributed by atoms with van der Waals surface area (Å²) in [7, 11) is 0. The van der Waals surface area contributed by atoms with Crippen molar-refractivity contribution < 1.29 is 19.2 Å². The predicted octanol–water partition coefficient (Wildman–Crippen LogP) is 41.6. The van der Waals surface area contributed by atoms with E-state index in [0.29, 0.717) is 81.4 Å². The predicted molar refractivity (Wildman–Crippen MR) is 639 cm³/mol. The first-order valence-corrected chi connectivity index (χ1v) is 66.1. The maximum absolute atomic E-state index is 16.7. The molecule has 0 saturated heterocycles. The first kappa shape index (κ1) is 120. The van der Waals surface area contributed by atoms with Gasteiger partial charge < -0.3 is 19.6 Å². The first-order chi connectivity index (χ1) is 71.9. The fraction of sp³-hybridized carbons (Fsp3) is 0.727. The second-order valence-electron chi connectivity index (χ2n) is 46.2. The lowest BCUT2D eigenvalue weighted by Crippen LogP contribution is -2.34. The maximum Gasteiger partial charge on any atom is 0.261 e. The highest BCUT2D eigenvalue weighted by atomic mass is 32.1. The minimum Gasteiger partial charge on any atom is -0.306 e. The molecule has 4 aliphatic rings. The highest BCUT2D eigenvalue weighted by molar-refractivity contribution is 7.22. The second-order valence-corrected chi connectivity index (χ2v) is 50.2. The summed E-state index contributed by atoms with van der Waals surface area (Å²) in [6.07, 6.45) is 99.1. The molecule has 4 unspecified atom stereocenters. The van der Waals surface area contributed by atoms with E-state index in [9.17, 15) is 0 Å². The molecule has 0 fully saturated rings. The molecule has 146 heavy (non-hydrogen) atoms. The molecule has 4 aromatic heterocycles. The van der Waals surface area contributed by atoms with Gasteiger partial charge in [0.1, 0.15) is 0 Å². The Bertz CT molecular complexity index is 4770. The number of fused-ring (bicyclic) bond motifs is 8. The summed E-state index contributed by atoms with van der Waals surface area (Å²) in [4.78, 5) is 111. The Balaban J connectivity index is 0.987. The van der Waals surface area contributed by atoms with E-state index in [1.165, 1.54) is 434 Å². The summed E-state index contributed by atoms with van der Waals surface area (Å²) in [6, 6.07) is 16.5. The number of thiophene rings is 4. The van der Waals surface area contributed by atoms with Crippen LogP contribution in [0.25, 0.3) is 64.5 Å². The van der Waals surface area contributed by atoms with Gasteiger partial charge in [0.2, 0.25) is 0 Å².